The molecule has 0 amide bonds. The molecule has 0 aliphatic heterocycles. The standard InChI is InChI=1S/C16H25N/c1-5-17-16(14-6-7-14)10-15-12(3)8-11(2)9-13(15)4/h8-9,14,16-17H,5-7,10H2,1-4H3. The van der Waals surface area contributed by atoms with Gasteiger partial charge in [-0.15, -0.1) is 0 Å². The Labute approximate surface area is 106 Å². The van der Waals surface area contributed by atoms with E-state index in [0.717, 1.165) is 12.5 Å². The van der Waals surface area contributed by atoms with Gasteiger partial charge in [-0.3, -0.25) is 0 Å². The minimum absolute atomic E-state index is 0.695. The van der Waals surface area contributed by atoms with Crippen LogP contribution < -0.4 is 5.32 Å². The second-order valence-corrected chi connectivity index (χ2v) is 5.58. The molecule has 1 aromatic carbocycles. The number of likely N-dealkylation sites (N-methyl/N-ethyl adjacent to an activating group) is 1. The van der Waals surface area contributed by atoms with E-state index in [9.17, 15) is 0 Å². The summed E-state index contributed by atoms with van der Waals surface area (Å²) in [5.74, 6) is 0.926. The molecule has 1 unspecified atom stereocenters. The fourth-order valence-electron chi connectivity index (χ4n) is 2.92. The molecule has 0 heterocycles. The van der Waals surface area contributed by atoms with E-state index in [1.54, 1.807) is 5.56 Å². The molecular formula is C16H25N. The lowest BCUT2D eigenvalue weighted by Crippen LogP contribution is -2.33. The van der Waals surface area contributed by atoms with Crippen molar-refractivity contribution in [1.82, 2.24) is 5.32 Å². The van der Waals surface area contributed by atoms with Gasteiger partial charge in [0.15, 0.2) is 0 Å². The summed E-state index contributed by atoms with van der Waals surface area (Å²) in [5.41, 5.74) is 5.88. The highest BCUT2D eigenvalue weighted by Gasteiger charge is 2.31. The highest BCUT2D eigenvalue weighted by Crippen LogP contribution is 2.35. The molecule has 0 aromatic heterocycles. The van der Waals surface area contributed by atoms with Crippen LogP contribution in [-0.4, -0.2) is 12.6 Å². The topological polar surface area (TPSA) is 12.0 Å². The summed E-state index contributed by atoms with van der Waals surface area (Å²) in [6.07, 6.45) is 4.04. The molecule has 94 valence electrons. The van der Waals surface area contributed by atoms with E-state index in [4.69, 9.17) is 0 Å². The van der Waals surface area contributed by atoms with E-state index >= 15 is 0 Å². The Bertz CT molecular complexity index is 368. The third-order valence-electron chi connectivity index (χ3n) is 3.92. The van der Waals surface area contributed by atoms with Crippen molar-refractivity contribution in [1.29, 1.82) is 0 Å². The first-order valence-electron chi connectivity index (χ1n) is 6.92. The van der Waals surface area contributed by atoms with Gasteiger partial charge in [-0.05, 0) is 69.2 Å². The van der Waals surface area contributed by atoms with Crippen LogP contribution in [0.1, 0.15) is 42.0 Å². The highest BCUT2D eigenvalue weighted by atomic mass is 14.9. The quantitative estimate of drug-likeness (QED) is 0.817. The van der Waals surface area contributed by atoms with Crippen LogP contribution in [0.3, 0.4) is 0 Å². The molecule has 0 spiro atoms. The zero-order valence-electron chi connectivity index (χ0n) is 11.6. The first-order valence-corrected chi connectivity index (χ1v) is 6.92. The summed E-state index contributed by atoms with van der Waals surface area (Å²) in [7, 11) is 0. The van der Waals surface area contributed by atoms with Crippen LogP contribution in [0.2, 0.25) is 0 Å². The molecule has 0 saturated heterocycles. The van der Waals surface area contributed by atoms with Crippen molar-refractivity contribution in [3.05, 3.63) is 34.4 Å². The van der Waals surface area contributed by atoms with Crippen LogP contribution in [0.4, 0.5) is 0 Å². The Morgan fingerprint density at radius 1 is 1.18 bits per heavy atom. The largest absolute Gasteiger partial charge is 0.314 e. The van der Waals surface area contributed by atoms with E-state index in [-0.39, 0.29) is 0 Å². The van der Waals surface area contributed by atoms with Crippen molar-refractivity contribution in [2.45, 2.75) is 53.0 Å². The van der Waals surface area contributed by atoms with Crippen molar-refractivity contribution in [3.8, 4) is 0 Å². The lowest BCUT2D eigenvalue weighted by Gasteiger charge is -2.20. The number of benzene rings is 1. The maximum Gasteiger partial charge on any atom is 0.0136 e. The number of hydrogen-bond acceptors (Lipinski definition) is 1. The van der Waals surface area contributed by atoms with Crippen LogP contribution in [0.15, 0.2) is 12.1 Å². The molecule has 1 atom stereocenters. The van der Waals surface area contributed by atoms with Crippen LogP contribution in [0.25, 0.3) is 0 Å². The maximum atomic E-state index is 3.66. The van der Waals surface area contributed by atoms with Crippen LogP contribution in [-0.2, 0) is 6.42 Å². The Kier molecular flexibility index (Phi) is 3.88. The van der Waals surface area contributed by atoms with E-state index < -0.39 is 0 Å². The summed E-state index contributed by atoms with van der Waals surface area (Å²) in [4.78, 5) is 0. The van der Waals surface area contributed by atoms with E-state index in [1.807, 2.05) is 0 Å². The van der Waals surface area contributed by atoms with Gasteiger partial charge in [0, 0.05) is 6.04 Å². The molecule has 1 N–H and O–H groups in total. The second-order valence-electron chi connectivity index (χ2n) is 5.58. The fraction of sp³-hybridized carbons (Fsp3) is 0.625. The van der Waals surface area contributed by atoms with Crippen LogP contribution >= 0.6 is 0 Å². The normalized spacial score (nSPS) is 17.2. The van der Waals surface area contributed by atoms with Gasteiger partial charge in [-0.2, -0.15) is 0 Å². The SMILES string of the molecule is CCNC(Cc1c(C)cc(C)cc1C)C1CC1. The van der Waals surface area contributed by atoms with Gasteiger partial charge in [0.2, 0.25) is 0 Å². The van der Waals surface area contributed by atoms with E-state index in [2.05, 4.69) is 45.1 Å². The van der Waals surface area contributed by atoms with Crippen LogP contribution in [0, 0.1) is 26.7 Å². The molecule has 1 heteroatoms. The molecule has 1 fully saturated rings. The zero-order chi connectivity index (χ0) is 12.4. The molecule has 1 saturated carbocycles. The summed E-state index contributed by atoms with van der Waals surface area (Å²) in [6, 6.07) is 5.33. The van der Waals surface area contributed by atoms with Crippen LogP contribution in [0.5, 0.6) is 0 Å². The lowest BCUT2D eigenvalue weighted by molar-refractivity contribution is 0.471. The summed E-state index contributed by atoms with van der Waals surface area (Å²) >= 11 is 0. The molecule has 1 aromatic rings. The molecule has 2 rings (SSSR count). The molecule has 1 nitrogen and oxygen atoms in total. The number of hydrogen-bond donors (Lipinski definition) is 1. The van der Waals surface area contributed by atoms with Gasteiger partial charge in [0.1, 0.15) is 0 Å². The molecule has 17 heavy (non-hydrogen) atoms. The monoisotopic (exact) mass is 231 g/mol. The van der Waals surface area contributed by atoms with Crippen molar-refractivity contribution in [2.75, 3.05) is 6.54 Å². The third-order valence-corrected chi connectivity index (χ3v) is 3.92. The Hall–Kier alpha value is -0.820. The molecule has 0 bridgehead atoms. The minimum atomic E-state index is 0.695. The first-order chi connectivity index (χ1) is 8.11. The summed E-state index contributed by atoms with van der Waals surface area (Å²) in [5, 5.41) is 3.66. The maximum absolute atomic E-state index is 3.66. The van der Waals surface area contributed by atoms with Crippen molar-refractivity contribution in [2.24, 2.45) is 5.92 Å². The number of aryl methyl sites for hydroxylation is 3. The molecule has 1 aliphatic rings. The molecule has 0 radical (unpaired) electrons. The number of rotatable bonds is 5. The first kappa shape index (κ1) is 12.6. The predicted octanol–water partition coefficient (Wildman–Crippen LogP) is 3.54. The van der Waals surface area contributed by atoms with Gasteiger partial charge < -0.3 is 5.32 Å². The summed E-state index contributed by atoms with van der Waals surface area (Å²) < 4.78 is 0. The van der Waals surface area contributed by atoms with Gasteiger partial charge in [-0.1, -0.05) is 24.6 Å². The van der Waals surface area contributed by atoms with Crippen molar-refractivity contribution in [3.63, 3.8) is 0 Å². The van der Waals surface area contributed by atoms with Gasteiger partial charge in [0.05, 0.1) is 0 Å². The average molecular weight is 231 g/mol. The minimum Gasteiger partial charge on any atom is -0.314 e. The molecular weight excluding hydrogens is 206 g/mol. The van der Waals surface area contributed by atoms with E-state index in [0.29, 0.717) is 6.04 Å². The highest BCUT2D eigenvalue weighted by molar-refractivity contribution is 5.38. The van der Waals surface area contributed by atoms with Crippen molar-refractivity contribution < 1.29 is 0 Å². The van der Waals surface area contributed by atoms with E-state index in [1.165, 1.54) is 36.0 Å². The van der Waals surface area contributed by atoms with Gasteiger partial charge >= 0.3 is 0 Å². The van der Waals surface area contributed by atoms with Gasteiger partial charge in [0.25, 0.3) is 0 Å². The fourth-order valence-corrected chi connectivity index (χ4v) is 2.92. The third kappa shape index (κ3) is 3.10. The Balaban J connectivity index is 2.16. The van der Waals surface area contributed by atoms with Gasteiger partial charge in [-0.25, -0.2) is 0 Å². The Morgan fingerprint density at radius 3 is 2.24 bits per heavy atom. The molecule has 1 aliphatic carbocycles. The second kappa shape index (κ2) is 5.22. The smallest absolute Gasteiger partial charge is 0.0136 e. The number of nitrogens with one attached hydrogen (secondary N) is 1. The average Bonchev–Trinajstić information content (AvgIpc) is 3.05. The summed E-state index contributed by atoms with van der Waals surface area (Å²) in [6.45, 7) is 10.00. The zero-order valence-corrected chi connectivity index (χ0v) is 11.6. The predicted molar refractivity (Wildman–Crippen MR) is 74.5 cm³/mol. The van der Waals surface area contributed by atoms with Crippen molar-refractivity contribution >= 4 is 0 Å². The Morgan fingerprint density at radius 2 is 1.76 bits per heavy atom. The lowest BCUT2D eigenvalue weighted by atomic mass is 9.93.